The molecule has 108 valence electrons. The third-order valence-electron chi connectivity index (χ3n) is 4.81. The maximum absolute atomic E-state index is 5.85. The smallest absolute Gasteiger partial charge is 0.0893 e. The van der Waals surface area contributed by atoms with Crippen molar-refractivity contribution in [1.29, 1.82) is 0 Å². The van der Waals surface area contributed by atoms with Crippen LogP contribution in [0.5, 0.6) is 0 Å². The van der Waals surface area contributed by atoms with Crippen LogP contribution in [0, 0.1) is 11.8 Å². The molecule has 2 aromatic heterocycles. The van der Waals surface area contributed by atoms with Crippen molar-refractivity contribution in [3.63, 3.8) is 0 Å². The van der Waals surface area contributed by atoms with E-state index in [4.69, 9.17) is 5.84 Å². The normalized spacial score (nSPS) is 24.9. The second-order valence-electron chi connectivity index (χ2n) is 5.84. The number of aromatic nitrogens is 3. The van der Waals surface area contributed by atoms with Crippen molar-refractivity contribution >= 4 is 5.52 Å². The molecule has 3 rings (SSSR count). The van der Waals surface area contributed by atoms with E-state index in [1.807, 2.05) is 23.1 Å². The molecule has 0 radical (unpaired) electrons. The zero-order valence-electron chi connectivity index (χ0n) is 12.0. The molecule has 0 bridgehead atoms. The molecule has 1 aliphatic carbocycles. The minimum atomic E-state index is 0.175. The van der Waals surface area contributed by atoms with Gasteiger partial charge in [0.15, 0.2) is 0 Å². The lowest BCUT2D eigenvalue weighted by Gasteiger charge is -2.33. The van der Waals surface area contributed by atoms with E-state index >= 15 is 0 Å². The number of hydrogen-bond acceptors (Lipinski definition) is 4. The van der Waals surface area contributed by atoms with Gasteiger partial charge in [0.05, 0.1) is 24.0 Å². The molecule has 2 heterocycles. The van der Waals surface area contributed by atoms with Crippen molar-refractivity contribution in [3.05, 3.63) is 30.4 Å². The van der Waals surface area contributed by atoms with Gasteiger partial charge in [-0.05, 0) is 24.7 Å². The zero-order chi connectivity index (χ0) is 13.9. The summed E-state index contributed by atoms with van der Waals surface area (Å²) in [6, 6.07) is 0.175. The standard InChI is InChI=1S/C15H23N5/c1-2-11-3-5-12(6-4-11)15(19-16)13-9-18-20-8-7-17-10-14(13)20/h7-12,15,19H,2-6,16H2,1H3. The summed E-state index contributed by atoms with van der Waals surface area (Å²) < 4.78 is 1.87. The lowest BCUT2D eigenvalue weighted by atomic mass is 9.76. The molecule has 2 aromatic rings. The molecule has 0 amide bonds. The highest BCUT2D eigenvalue weighted by Gasteiger charge is 2.29. The Morgan fingerprint density at radius 1 is 1.35 bits per heavy atom. The van der Waals surface area contributed by atoms with Gasteiger partial charge in [-0.25, -0.2) is 4.52 Å². The Balaban J connectivity index is 1.83. The number of hydrogen-bond donors (Lipinski definition) is 2. The third-order valence-corrected chi connectivity index (χ3v) is 4.81. The highest BCUT2D eigenvalue weighted by molar-refractivity contribution is 5.53. The van der Waals surface area contributed by atoms with E-state index in [1.54, 1.807) is 6.20 Å². The largest absolute Gasteiger partial charge is 0.271 e. The molecule has 1 aliphatic rings. The predicted octanol–water partition coefficient (Wildman–Crippen LogP) is 2.45. The average Bonchev–Trinajstić information content (AvgIpc) is 2.93. The van der Waals surface area contributed by atoms with Crippen molar-refractivity contribution < 1.29 is 0 Å². The maximum Gasteiger partial charge on any atom is 0.0893 e. The van der Waals surface area contributed by atoms with E-state index in [2.05, 4.69) is 22.4 Å². The highest BCUT2D eigenvalue weighted by atomic mass is 15.3. The fourth-order valence-electron chi connectivity index (χ4n) is 3.50. The van der Waals surface area contributed by atoms with Crippen LogP contribution in [0.3, 0.4) is 0 Å². The van der Waals surface area contributed by atoms with E-state index in [0.29, 0.717) is 5.92 Å². The van der Waals surface area contributed by atoms with Crippen molar-refractivity contribution in [2.45, 2.75) is 45.1 Å². The summed E-state index contributed by atoms with van der Waals surface area (Å²) in [6.45, 7) is 2.29. The number of rotatable bonds is 4. The third kappa shape index (κ3) is 2.43. The van der Waals surface area contributed by atoms with Gasteiger partial charge in [-0.15, -0.1) is 0 Å². The predicted molar refractivity (Wildman–Crippen MR) is 78.8 cm³/mol. The quantitative estimate of drug-likeness (QED) is 0.663. The minimum absolute atomic E-state index is 0.175. The molecular formula is C15H23N5. The molecule has 0 spiro atoms. The molecule has 1 fully saturated rings. The molecule has 20 heavy (non-hydrogen) atoms. The van der Waals surface area contributed by atoms with Gasteiger partial charge in [0.1, 0.15) is 0 Å². The molecule has 5 heteroatoms. The molecule has 1 atom stereocenters. The van der Waals surface area contributed by atoms with Crippen molar-refractivity contribution in [1.82, 2.24) is 20.0 Å². The first kappa shape index (κ1) is 13.5. The van der Waals surface area contributed by atoms with Gasteiger partial charge in [0, 0.05) is 18.0 Å². The lowest BCUT2D eigenvalue weighted by Crippen LogP contribution is -2.35. The monoisotopic (exact) mass is 273 g/mol. The van der Waals surface area contributed by atoms with Crippen molar-refractivity contribution in [2.24, 2.45) is 17.7 Å². The van der Waals surface area contributed by atoms with Gasteiger partial charge in [0.2, 0.25) is 0 Å². The van der Waals surface area contributed by atoms with Crippen molar-refractivity contribution in [3.8, 4) is 0 Å². The first-order valence-electron chi connectivity index (χ1n) is 7.56. The lowest BCUT2D eigenvalue weighted by molar-refractivity contribution is 0.220. The minimum Gasteiger partial charge on any atom is -0.271 e. The number of nitrogens with two attached hydrogens (primary N) is 1. The molecule has 1 saturated carbocycles. The number of hydrazine groups is 1. The summed E-state index contributed by atoms with van der Waals surface area (Å²) in [5.74, 6) is 7.34. The van der Waals surface area contributed by atoms with Gasteiger partial charge in [-0.3, -0.25) is 16.3 Å². The Labute approximate surface area is 119 Å². The number of fused-ring (bicyclic) bond motifs is 1. The molecule has 1 unspecified atom stereocenters. The summed E-state index contributed by atoms with van der Waals surface area (Å²) in [7, 11) is 0. The SMILES string of the molecule is CCC1CCC(C(NN)c2cnn3ccncc23)CC1. The Bertz CT molecular complexity index is 556. The zero-order valence-corrected chi connectivity index (χ0v) is 12.0. The van der Waals surface area contributed by atoms with E-state index < -0.39 is 0 Å². The number of nitrogens with one attached hydrogen (secondary N) is 1. The van der Waals surface area contributed by atoms with E-state index in [9.17, 15) is 0 Å². The van der Waals surface area contributed by atoms with Crippen LogP contribution in [-0.2, 0) is 0 Å². The second-order valence-corrected chi connectivity index (χ2v) is 5.84. The summed E-state index contributed by atoms with van der Waals surface area (Å²) in [6.07, 6.45) is 13.8. The average molecular weight is 273 g/mol. The van der Waals surface area contributed by atoms with E-state index in [0.717, 1.165) is 11.4 Å². The van der Waals surface area contributed by atoms with Gasteiger partial charge < -0.3 is 0 Å². The highest BCUT2D eigenvalue weighted by Crippen LogP contribution is 2.38. The maximum atomic E-state index is 5.85. The van der Waals surface area contributed by atoms with Crippen LogP contribution in [0.4, 0.5) is 0 Å². The van der Waals surface area contributed by atoms with Crippen LogP contribution >= 0.6 is 0 Å². The first-order valence-corrected chi connectivity index (χ1v) is 7.56. The Hall–Kier alpha value is -1.46. The summed E-state index contributed by atoms with van der Waals surface area (Å²) in [5, 5.41) is 4.39. The van der Waals surface area contributed by atoms with Crippen LogP contribution in [0.2, 0.25) is 0 Å². The van der Waals surface area contributed by atoms with Gasteiger partial charge in [0.25, 0.3) is 0 Å². The van der Waals surface area contributed by atoms with Gasteiger partial charge in [-0.2, -0.15) is 5.10 Å². The second kappa shape index (κ2) is 5.89. The van der Waals surface area contributed by atoms with E-state index in [-0.39, 0.29) is 6.04 Å². The van der Waals surface area contributed by atoms with Crippen molar-refractivity contribution in [2.75, 3.05) is 0 Å². The van der Waals surface area contributed by atoms with E-state index in [1.165, 1.54) is 37.7 Å². The summed E-state index contributed by atoms with van der Waals surface area (Å²) in [4.78, 5) is 4.20. The summed E-state index contributed by atoms with van der Waals surface area (Å²) in [5.41, 5.74) is 5.23. The Morgan fingerprint density at radius 2 is 2.15 bits per heavy atom. The number of nitrogens with zero attached hydrogens (tertiary/aromatic N) is 3. The topological polar surface area (TPSA) is 68.2 Å². The van der Waals surface area contributed by atoms with Crippen LogP contribution < -0.4 is 11.3 Å². The summed E-state index contributed by atoms with van der Waals surface area (Å²) >= 11 is 0. The fraction of sp³-hybridized carbons (Fsp3) is 0.600. The molecular weight excluding hydrogens is 250 g/mol. The fourth-order valence-corrected chi connectivity index (χ4v) is 3.50. The Kier molecular flexibility index (Phi) is 3.98. The Morgan fingerprint density at radius 3 is 2.85 bits per heavy atom. The van der Waals surface area contributed by atoms with Gasteiger partial charge in [-0.1, -0.05) is 26.2 Å². The van der Waals surface area contributed by atoms with Crippen LogP contribution in [-0.4, -0.2) is 14.6 Å². The van der Waals surface area contributed by atoms with Crippen LogP contribution in [0.15, 0.2) is 24.8 Å². The molecule has 0 aliphatic heterocycles. The molecule has 3 N–H and O–H groups in total. The molecule has 0 saturated heterocycles. The molecule has 5 nitrogen and oxygen atoms in total. The molecule has 0 aromatic carbocycles. The first-order chi connectivity index (χ1) is 9.83. The van der Waals surface area contributed by atoms with Crippen LogP contribution in [0.1, 0.15) is 50.6 Å². The van der Waals surface area contributed by atoms with Gasteiger partial charge >= 0.3 is 0 Å². The van der Waals surface area contributed by atoms with Crippen LogP contribution in [0.25, 0.3) is 5.52 Å².